The minimum Gasteiger partial charge on any atom is -0.451 e. The van der Waals surface area contributed by atoms with E-state index < -0.39 is 41.9 Å². The summed E-state index contributed by atoms with van der Waals surface area (Å²) in [5.41, 5.74) is -0.810. The molecule has 0 aliphatic heterocycles. The molecule has 0 radical (unpaired) electrons. The molecule has 0 aromatic rings. The molecule has 0 saturated carbocycles. The zero-order chi connectivity index (χ0) is 17.7. The third-order valence-electron chi connectivity index (χ3n) is 2.36. The van der Waals surface area contributed by atoms with Gasteiger partial charge >= 0.3 is 18.1 Å². The van der Waals surface area contributed by atoms with E-state index in [9.17, 15) is 31.5 Å². The van der Waals surface area contributed by atoms with Crippen molar-refractivity contribution in [3.05, 3.63) is 24.3 Å². The minimum absolute atomic E-state index is 0.0351. The first kappa shape index (κ1) is 20.1. The van der Waals surface area contributed by atoms with Crippen LogP contribution in [-0.4, -0.2) is 41.6 Å². The van der Waals surface area contributed by atoms with Crippen molar-refractivity contribution in [2.45, 2.75) is 32.5 Å². The van der Waals surface area contributed by atoms with E-state index in [-0.39, 0.29) is 6.54 Å². The number of rotatable bonds is 4. The van der Waals surface area contributed by atoms with Gasteiger partial charge in [0.05, 0.1) is 0 Å². The predicted molar refractivity (Wildman–Crippen MR) is 67.9 cm³/mol. The third kappa shape index (κ3) is 5.82. The second-order valence-electron chi connectivity index (χ2n) is 5.17. The highest BCUT2D eigenvalue weighted by Gasteiger charge is 2.39. The number of carbonyl (C=O) groups is 2. The zero-order valence-electron chi connectivity index (χ0n) is 12.3. The maximum absolute atomic E-state index is 12.9. The molecule has 0 aliphatic carbocycles. The fourth-order valence-electron chi connectivity index (χ4n) is 1.31. The Morgan fingerprint density at radius 1 is 1.18 bits per heavy atom. The number of carbonyl (C=O) groups excluding carboxylic acids is 2. The van der Waals surface area contributed by atoms with Gasteiger partial charge in [0.25, 0.3) is 0 Å². The van der Waals surface area contributed by atoms with Crippen molar-refractivity contribution in [1.29, 1.82) is 0 Å². The summed E-state index contributed by atoms with van der Waals surface area (Å²) in [7, 11) is 0. The highest BCUT2D eigenvalue weighted by Crippen LogP contribution is 2.29. The molecule has 0 N–H and O–H groups in total. The van der Waals surface area contributed by atoms with Gasteiger partial charge in [0.15, 0.2) is 5.83 Å². The molecule has 9 heteroatoms. The molecule has 0 aromatic carbocycles. The summed E-state index contributed by atoms with van der Waals surface area (Å²) in [6, 6.07) is 0. The van der Waals surface area contributed by atoms with Crippen LogP contribution in [-0.2, 0) is 14.3 Å². The monoisotopic (exact) mass is 329 g/mol. The van der Waals surface area contributed by atoms with E-state index in [0.29, 0.717) is 0 Å². The molecule has 0 atom stereocenters. The van der Waals surface area contributed by atoms with Crippen LogP contribution in [0.1, 0.15) is 20.8 Å². The Kier molecular flexibility index (Phi) is 6.72. The molecular weight excluding hydrogens is 313 g/mol. The van der Waals surface area contributed by atoms with Crippen molar-refractivity contribution in [3.8, 4) is 0 Å². The lowest BCUT2D eigenvalue weighted by molar-refractivity contribution is -0.162. The highest BCUT2D eigenvalue weighted by atomic mass is 19.4. The number of alkyl halides is 3. The van der Waals surface area contributed by atoms with Crippen LogP contribution < -0.4 is 0 Å². The quantitative estimate of drug-likeness (QED) is 0.345. The normalized spacial score (nSPS) is 13.3. The Morgan fingerprint density at radius 3 is 2.05 bits per heavy atom. The number of allylic oxidation sites excluding steroid dienone is 1. The van der Waals surface area contributed by atoms with Crippen LogP contribution in [0.4, 0.5) is 22.0 Å². The van der Waals surface area contributed by atoms with Crippen molar-refractivity contribution >= 4 is 11.9 Å². The number of nitrogens with zero attached hydrogens (tertiary/aromatic N) is 1. The number of hydrogen-bond acceptors (Lipinski definition) is 3. The lowest BCUT2D eigenvalue weighted by Gasteiger charge is -2.33. The van der Waals surface area contributed by atoms with Crippen LogP contribution >= 0.6 is 0 Å². The number of hydrogen-bond donors (Lipinski definition) is 0. The number of ether oxygens (including phenoxy) is 1. The largest absolute Gasteiger partial charge is 0.451 e. The lowest BCUT2D eigenvalue weighted by Crippen LogP contribution is -2.49. The van der Waals surface area contributed by atoms with Crippen molar-refractivity contribution in [2.24, 2.45) is 0 Å². The third-order valence-corrected chi connectivity index (χ3v) is 2.36. The minimum atomic E-state index is -5.53. The van der Waals surface area contributed by atoms with E-state index in [1.165, 1.54) is 6.08 Å². The molecule has 0 unspecified atom stereocenters. The Hall–Kier alpha value is -1.93. The van der Waals surface area contributed by atoms with Gasteiger partial charge in [-0.15, -0.1) is 6.58 Å². The summed E-state index contributed by atoms with van der Waals surface area (Å²) < 4.78 is 65.0. The molecule has 0 bridgehead atoms. The first-order valence-electron chi connectivity index (χ1n) is 6.03. The molecule has 0 spiro atoms. The molecule has 0 saturated heterocycles. The highest BCUT2D eigenvalue weighted by molar-refractivity contribution is 6.32. The molecule has 126 valence electrons. The summed E-state index contributed by atoms with van der Waals surface area (Å²) in [4.78, 5) is 24.3. The van der Waals surface area contributed by atoms with Gasteiger partial charge in [-0.05, 0) is 20.8 Å². The Labute approximate surface area is 124 Å². The molecule has 0 heterocycles. The Bertz CT molecular complexity index is 477. The van der Waals surface area contributed by atoms with Crippen LogP contribution in [0.3, 0.4) is 0 Å². The zero-order valence-corrected chi connectivity index (χ0v) is 12.3. The average Bonchev–Trinajstić information content (AvgIpc) is 2.37. The maximum atomic E-state index is 12.9. The van der Waals surface area contributed by atoms with E-state index in [1.807, 2.05) is 0 Å². The average molecular weight is 329 g/mol. The van der Waals surface area contributed by atoms with Gasteiger partial charge in [-0.3, -0.25) is 4.79 Å². The van der Waals surface area contributed by atoms with Crippen LogP contribution in [0.2, 0.25) is 0 Å². The Balaban J connectivity index is 4.94. The first-order valence-corrected chi connectivity index (χ1v) is 6.03. The molecule has 1 amide bonds. The standard InChI is InChI=1S/C13H16F5NO3/c1-5-6-19(12(2,3)4)10(20)11(21)22-7-8(14)9(15)13(16,17)18/h5H,1,6-7H2,2-4H3/b9-8+. The second-order valence-corrected chi connectivity index (χ2v) is 5.17. The van der Waals surface area contributed by atoms with Gasteiger partial charge in [0, 0.05) is 12.1 Å². The van der Waals surface area contributed by atoms with Gasteiger partial charge in [0.2, 0.25) is 5.83 Å². The number of amides is 1. The topological polar surface area (TPSA) is 46.6 Å². The fourth-order valence-corrected chi connectivity index (χ4v) is 1.31. The predicted octanol–water partition coefficient (Wildman–Crippen LogP) is 3.06. The maximum Gasteiger partial charge on any atom is 0.445 e. The smallest absolute Gasteiger partial charge is 0.445 e. The van der Waals surface area contributed by atoms with Gasteiger partial charge < -0.3 is 9.64 Å². The van der Waals surface area contributed by atoms with E-state index in [4.69, 9.17) is 0 Å². The molecule has 0 rings (SSSR count). The molecule has 0 fully saturated rings. The van der Waals surface area contributed by atoms with Crippen LogP contribution in [0.15, 0.2) is 24.3 Å². The lowest BCUT2D eigenvalue weighted by atomic mass is 10.1. The summed E-state index contributed by atoms with van der Waals surface area (Å²) in [5.74, 6) is -8.12. The van der Waals surface area contributed by atoms with Crippen molar-refractivity contribution in [3.63, 3.8) is 0 Å². The molecule has 22 heavy (non-hydrogen) atoms. The summed E-state index contributed by atoms with van der Waals surface area (Å²) in [6.07, 6.45) is -4.21. The van der Waals surface area contributed by atoms with Gasteiger partial charge in [-0.25, -0.2) is 9.18 Å². The summed E-state index contributed by atoms with van der Waals surface area (Å²) in [5, 5.41) is 0. The van der Waals surface area contributed by atoms with E-state index in [1.54, 1.807) is 20.8 Å². The first-order chi connectivity index (χ1) is 9.82. The van der Waals surface area contributed by atoms with Crippen LogP contribution in [0, 0.1) is 0 Å². The van der Waals surface area contributed by atoms with Crippen molar-refractivity contribution in [1.82, 2.24) is 4.90 Å². The SMILES string of the molecule is C=CCN(C(=O)C(=O)OC/C(F)=C(\F)C(F)(F)F)C(C)(C)C. The fraction of sp³-hybridized carbons (Fsp3) is 0.538. The van der Waals surface area contributed by atoms with Gasteiger partial charge in [-0.1, -0.05) is 6.08 Å². The second kappa shape index (κ2) is 7.37. The van der Waals surface area contributed by atoms with Crippen molar-refractivity contribution < 1.29 is 36.3 Å². The number of halogens is 5. The van der Waals surface area contributed by atoms with E-state index >= 15 is 0 Å². The van der Waals surface area contributed by atoms with Crippen LogP contribution in [0.25, 0.3) is 0 Å². The summed E-state index contributed by atoms with van der Waals surface area (Å²) in [6.45, 7) is 6.50. The van der Waals surface area contributed by atoms with Crippen molar-refractivity contribution in [2.75, 3.05) is 13.2 Å². The Morgan fingerprint density at radius 2 is 1.68 bits per heavy atom. The van der Waals surface area contributed by atoms with Crippen LogP contribution in [0.5, 0.6) is 0 Å². The molecule has 0 aliphatic rings. The molecule has 0 aromatic heterocycles. The summed E-state index contributed by atoms with van der Waals surface area (Å²) >= 11 is 0. The molecule has 4 nitrogen and oxygen atoms in total. The van der Waals surface area contributed by atoms with Gasteiger partial charge in [0.1, 0.15) is 6.61 Å². The number of esters is 1. The molecular formula is C13H16F5NO3. The van der Waals surface area contributed by atoms with E-state index in [2.05, 4.69) is 11.3 Å². The van der Waals surface area contributed by atoms with E-state index in [0.717, 1.165) is 4.90 Å². The van der Waals surface area contributed by atoms with Gasteiger partial charge in [-0.2, -0.15) is 17.6 Å².